The molecule has 0 amide bonds. The highest BCUT2D eigenvalue weighted by Gasteiger charge is 2.38. The second-order valence-corrected chi connectivity index (χ2v) is 4.37. The standard InChI is InChI=1S/C13H18O10/c1-6(14)20-5-10(21-7(2)15)11(22-8(3)16)12(13(18)19)23-9(4)17/h10-12H,5H2,1-4H3,(H,18,19)/p-1. The van der Waals surface area contributed by atoms with E-state index in [2.05, 4.69) is 9.47 Å². The van der Waals surface area contributed by atoms with E-state index in [1.807, 2.05) is 0 Å². The normalized spacial score (nSPS) is 13.9. The van der Waals surface area contributed by atoms with Gasteiger partial charge in [-0.05, 0) is 0 Å². The van der Waals surface area contributed by atoms with Crippen molar-refractivity contribution < 1.29 is 48.0 Å². The molecule has 3 atom stereocenters. The summed E-state index contributed by atoms with van der Waals surface area (Å²) in [5.74, 6) is -5.43. The molecule has 23 heavy (non-hydrogen) atoms. The average Bonchev–Trinajstić information content (AvgIpc) is 2.37. The van der Waals surface area contributed by atoms with E-state index < -0.39 is 54.8 Å². The van der Waals surface area contributed by atoms with Crippen LogP contribution in [-0.4, -0.2) is 54.8 Å². The molecule has 0 aliphatic heterocycles. The fourth-order valence-electron chi connectivity index (χ4n) is 1.56. The number of carbonyl (C=O) groups excluding carboxylic acids is 5. The molecular weight excluding hydrogens is 316 g/mol. The van der Waals surface area contributed by atoms with Crippen molar-refractivity contribution >= 4 is 29.8 Å². The van der Waals surface area contributed by atoms with Crippen LogP contribution in [0.3, 0.4) is 0 Å². The van der Waals surface area contributed by atoms with Gasteiger partial charge >= 0.3 is 23.9 Å². The lowest BCUT2D eigenvalue weighted by molar-refractivity contribution is -0.320. The minimum atomic E-state index is -2.06. The topological polar surface area (TPSA) is 145 Å². The molecule has 0 aliphatic rings. The highest BCUT2D eigenvalue weighted by atomic mass is 16.6. The molecule has 10 heteroatoms. The Bertz CT molecular complexity index is 483. The maximum absolute atomic E-state index is 11.2. The van der Waals surface area contributed by atoms with Gasteiger partial charge in [-0.15, -0.1) is 0 Å². The molecule has 3 unspecified atom stereocenters. The summed E-state index contributed by atoms with van der Waals surface area (Å²) in [7, 11) is 0. The van der Waals surface area contributed by atoms with Crippen molar-refractivity contribution in [1.82, 2.24) is 0 Å². The monoisotopic (exact) mass is 333 g/mol. The first-order valence-electron chi connectivity index (χ1n) is 6.40. The Balaban J connectivity index is 5.55. The van der Waals surface area contributed by atoms with Crippen LogP contribution in [0.15, 0.2) is 0 Å². The molecule has 10 nitrogen and oxygen atoms in total. The first-order valence-corrected chi connectivity index (χ1v) is 6.40. The van der Waals surface area contributed by atoms with Crippen LogP contribution >= 0.6 is 0 Å². The molecule has 0 saturated carbocycles. The SMILES string of the molecule is CC(=O)OCC(OC(C)=O)C(OC(C)=O)C(OC(C)=O)C(=O)[O-]. The molecule has 0 spiro atoms. The Labute approximate surface area is 131 Å². The van der Waals surface area contributed by atoms with Gasteiger partial charge in [0.15, 0.2) is 18.3 Å². The van der Waals surface area contributed by atoms with Crippen molar-refractivity contribution in [3.8, 4) is 0 Å². The van der Waals surface area contributed by atoms with Crippen molar-refractivity contribution in [2.24, 2.45) is 0 Å². The molecule has 0 aliphatic carbocycles. The van der Waals surface area contributed by atoms with E-state index in [1.165, 1.54) is 0 Å². The van der Waals surface area contributed by atoms with E-state index in [1.54, 1.807) is 0 Å². The number of carboxylic acid groups (broad SMARTS) is 1. The van der Waals surface area contributed by atoms with Gasteiger partial charge in [-0.3, -0.25) is 19.2 Å². The second-order valence-electron chi connectivity index (χ2n) is 4.37. The van der Waals surface area contributed by atoms with Crippen LogP contribution in [0, 0.1) is 0 Å². The number of esters is 4. The summed E-state index contributed by atoms with van der Waals surface area (Å²) in [6.45, 7) is 3.34. The van der Waals surface area contributed by atoms with Crippen LogP contribution in [-0.2, 0) is 42.9 Å². The Morgan fingerprint density at radius 2 is 1.26 bits per heavy atom. The van der Waals surface area contributed by atoms with Gasteiger partial charge in [-0.2, -0.15) is 0 Å². The second kappa shape index (κ2) is 9.38. The van der Waals surface area contributed by atoms with Crippen molar-refractivity contribution in [2.75, 3.05) is 6.61 Å². The maximum atomic E-state index is 11.2. The van der Waals surface area contributed by atoms with Gasteiger partial charge in [0, 0.05) is 27.7 Å². The molecule has 0 saturated heterocycles. The zero-order valence-electron chi connectivity index (χ0n) is 13.0. The van der Waals surface area contributed by atoms with Gasteiger partial charge in [-0.1, -0.05) is 0 Å². The molecule has 0 rings (SSSR count). The smallest absolute Gasteiger partial charge is 0.303 e. The summed E-state index contributed by atoms with van der Waals surface area (Å²) in [5, 5.41) is 11.2. The Morgan fingerprint density at radius 1 is 0.783 bits per heavy atom. The lowest BCUT2D eigenvalue weighted by atomic mass is 10.1. The summed E-state index contributed by atoms with van der Waals surface area (Å²) in [5.41, 5.74) is 0. The molecular formula is C13H17O10-. The predicted molar refractivity (Wildman–Crippen MR) is 68.3 cm³/mol. The van der Waals surface area contributed by atoms with Gasteiger partial charge < -0.3 is 28.8 Å². The lowest BCUT2D eigenvalue weighted by Gasteiger charge is -2.31. The number of rotatable bonds is 8. The fourth-order valence-corrected chi connectivity index (χ4v) is 1.56. The third kappa shape index (κ3) is 8.39. The highest BCUT2D eigenvalue weighted by molar-refractivity contribution is 5.77. The first kappa shape index (κ1) is 20.3. The van der Waals surface area contributed by atoms with E-state index >= 15 is 0 Å². The predicted octanol–water partition coefficient (Wildman–Crippen LogP) is -1.91. The molecule has 0 aromatic rings. The quantitative estimate of drug-likeness (QED) is 0.364. The Morgan fingerprint density at radius 3 is 1.61 bits per heavy atom. The van der Waals surface area contributed by atoms with E-state index in [4.69, 9.17) is 9.47 Å². The van der Waals surface area contributed by atoms with Crippen LogP contribution < -0.4 is 5.11 Å². The number of aliphatic carboxylic acids is 1. The highest BCUT2D eigenvalue weighted by Crippen LogP contribution is 2.15. The summed E-state index contributed by atoms with van der Waals surface area (Å²) >= 11 is 0. The number of hydrogen-bond acceptors (Lipinski definition) is 10. The van der Waals surface area contributed by atoms with Crippen molar-refractivity contribution in [1.29, 1.82) is 0 Å². The largest absolute Gasteiger partial charge is 0.546 e. The van der Waals surface area contributed by atoms with Crippen LogP contribution in [0.25, 0.3) is 0 Å². The number of carbonyl (C=O) groups is 5. The zero-order chi connectivity index (χ0) is 18.2. The minimum Gasteiger partial charge on any atom is -0.546 e. The van der Waals surface area contributed by atoms with Crippen LogP contribution in [0.4, 0.5) is 0 Å². The van der Waals surface area contributed by atoms with Gasteiger partial charge in [0.05, 0.1) is 5.97 Å². The van der Waals surface area contributed by atoms with E-state index in [-0.39, 0.29) is 0 Å². The van der Waals surface area contributed by atoms with E-state index in [9.17, 15) is 29.1 Å². The van der Waals surface area contributed by atoms with E-state index in [0.29, 0.717) is 0 Å². The van der Waals surface area contributed by atoms with Gasteiger partial charge in [0.2, 0.25) is 0 Å². The molecule has 0 radical (unpaired) electrons. The lowest BCUT2D eigenvalue weighted by Crippen LogP contribution is -2.54. The number of carboxylic acids is 1. The van der Waals surface area contributed by atoms with Gasteiger partial charge in [0.25, 0.3) is 0 Å². The number of hydrogen-bond donors (Lipinski definition) is 0. The van der Waals surface area contributed by atoms with Crippen LogP contribution in [0.1, 0.15) is 27.7 Å². The molecule has 0 heterocycles. The minimum absolute atomic E-state index is 0.613. The maximum Gasteiger partial charge on any atom is 0.303 e. The van der Waals surface area contributed by atoms with Gasteiger partial charge in [0.1, 0.15) is 6.61 Å². The summed E-state index contributed by atoms with van der Waals surface area (Å²) < 4.78 is 18.7. The third-order valence-corrected chi connectivity index (χ3v) is 2.26. The zero-order valence-corrected chi connectivity index (χ0v) is 13.0. The number of ether oxygens (including phenoxy) is 4. The molecule has 0 N–H and O–H groups in total. The van der Waals surface area contributed by atoms with Crippen LogP contribution in [0.5, 0.6) is 0 Å². The third-order valence-electron chi connectivity index (χ3n) is 2.26. The molecule has 0 fully saturated rings. The molecule has 0 aromatic carbocycles. The Kier molecular flexibility index (Phi) is 8.30. The summed E-state index contributed by atoms with van der Waals surface area (Å²) in [6.07, 6.45) is -5.33. The van der Waals surface area contributed by atoms with E-state index in [0.717, 1.165) is 27.7 Å². The summed E-state index contributed by atoms with van der Waals surface area (Å²) in [6, 6.07) is 0. The average molecular weight is 333 g/mol. The van der Waals surface area contributed by atoms with Crippen molar-refractivity contribution in [3.63, 3.8) is 0 Å². The van der Waals surface area contributed by atoms with Crippen molar-refractivity contribution in [3.05, 3.63) is 0 Å². The first-order chi connectivity index (χ1) is 10.5. The van der Waals surface area contributed by atoms with Crippen LogP contribution in [0.2, 0.25) is 0 Å². The molecule has 0 aromatic heterocycles. The fraction of sp³-hybridized carbons (Fsp3) is 0.615. The van der Waals surface area contributed by atoms with Crippen molar-refractivity contribution in [2.45, 2.75) is 46.0 Å². The summed E-state index contributed by atoms with van der Waals surface area (Å²) in [4.78, 5) is 55.3. The Hall–Kier alpha value is -2.65. The molecule has 0 bridgehead atoms. The van der Waals surface area contributed by atoms with Gasteiger partial charge in [-0.25, -0.2) is 0 Å². The molecule has 130 valence electrons.